The van der Waals surface area contributed by atoms with Gasteiger partial charge in [-0.1, -0.05) is 13.3 Å². The lowest BCUT2D eigenvalue weighted by Gasteiger charge is -2.44. The van der Waals surface area contributed by atoms with Crippen molar-refractivity contribution in [2.24, 2.45) is 11.8 Å². The first-order valence-electron chi connectivity index (χ1n) is 9.00. The minimum absolute atomic E-state index is 0.807. The minimum atomic E-state index is 0.807. The summed E-state index contributed by atoms with van der Waals surface area (Å²) in [7, 11) is 0. The van der Waals surface area contributed by atoms with Crippen LogP contribution >= 0.6 is 0 Å². The van der Waals surface area contributed by atoms with Crippen molar-refractivity contribution in [2.45, 2.75) is 51.5 Å². The van der Waals surface area contributed by atoms with Gasteiger partial charge in [-0.3, -0.25) is 4.90 Å². The van der Waals surface area contributed by atoms with E-state index >= 15 is 0 Å². The first-order chi connectivity index (χ1) is 9.83. The van der Waals surface area contributed by atoms with Gasteiger partial charge in [-0.2, -0.15) is 0 Å². The van der Waals surface area contributed by atoms with E-state index < -0.39 is 0 Å². The van der Waals surface area contributed by atoms with Gasteiger partial charge in [0, 0.05) is 25.7 Å². The third-order valence-electron chi connectivity index (χ3n) is 5.68. The molecule has 20 heavy (non-hydrogen) atoms. The first-order valence-corrected chi connectivity index (χ1v) is 9.00. The zero-order valence-corrected chi connectivity index (χ0v) is 13.3. The number of hydrogen-bond donors (Lipinski definition) is 1. The van der Waals surface area contributed by atoms with Crippen LogP contribution in [0.2, 0.25) is 0 Å². The van der Waals surface area contributed by atoms with E-state index in [0.717, 1.165) is 17.9 Å². The van der Waals surface area contributed by atoms with Crippen molar-refractivity contribution in [3.63, 3.8) is 0 Å². The second kappa shape index (κ2) is 7.24. The maximum Gasteiger partial charge on any atom is 0.0261 e. The summed E-state index contributed by atoms with van der Waals surface area (Å²) in [4.78, 5) is 5.56. The summed E-state index contributed by atoms with van der Waals surface area (Å²) in [6.45, 7) is 11.6. The standard InChI is InChI=1S/C17H33N3/c1-15-6-5-9-19(13-15)14-16-7-8-18-12-17(16)20-10-3-2-4-11-20/h15-18H,2-14H2,1H3. The summed E-state index contributed by atoms with van der Waals surface area (Å²) in [5, 5.41) is 3.65. The lowest BCUT2D eigenvalue weighted by atomic mass is 9.88. The summed E-state index contributed by atoms with van der Waals surface area (Å²) in [5.41, 5.74) is 0. The van der Waals surface area contributed by atoms with Gasteiger partial charge >= 0.3 is 0 Å². The topological polar surface area (TPSA) is 18.5 Å². The molecule has 0 radical (unpaired) electrons. The molecule has 3 heterocycles. The van der Waals surface area contributed by atoms with Crippen molar-refractivity contribution in [1.82, 2.24) is 15.1 Å². The molecule has 3 fully saturated rings. The maximum absolute atomic E-state index is 3.65. The molecule has 0 bridgehead atoms. The summed E-state index contributed by atoms with van der Waals surface area (Å²) >= 11 is 0. The third kappa shape index (κ3) is 3.75. The molecule has 3 rings (SSSR count). The molecule has 0 aromatic rings. The van der Waals surface area contributed by atoms with Crippen LogP contribution in [0.4, 0.5) is 0 Å². The lowest BCUT2D eigenvalue weighted by molar-refractivity contribution is 0.0607. The van der Waals surface area contributed by atoms with E-state index in [1.54, 1.807) is 0 Å². The van der Waals surface area contributed by atoms with Gasteiger partial charge < -0.3 is 10.2 Å². The highest BCUT2D eigenvalue weighted by Crippen LogP contribution is 2.25. The van der Waals surface area contributed by atoms with Crippen LogP contribution in [0.25, 0.3) is 0 Å². The molecular formula is C17H33N3. The quantitative estimate of drug-likeness (QED) is 0.854. The largest absolute Gasteiger partial charge is 0.315 e. The minimum Gasteiger partial charge on any atom is -0.315 e. The molecule has 3 aliphatic rings. The average Bonchev–Trinajstić information content (AvgIpc) is 2.49. The summed E-state index contributed by atoms with van der Waals surface area (Å²) in [5.74, 6) is 1.82. The molecule has 3 heteroatoms. The first kappa shape index (κ1) is 14.8. The van der Waals surface area contributed by atoms with Crippen molar-refractivity contribution in [3.05, 3.63) is 0 Å². The zero-order chi connectivity index (χ0) is 13.8. The third-order valence-corrected chi connectivity index (χ3v) is 5.68. The fraction of sp³-hybridized carbons (Fsp3) is 1.00. The number of nitrogens with zero attached hydrogens (tertiary/aromatic N) is 2. The molecule has 3 unspecified atom stereocenters. The Morgan fingerprint density at radius 3 is 2.65 bits per heavy atom. The van der Waals surface area contributed by atoms with E-state index in [1.165, 1.54) is 84.3 Å². The lowest BCUT2D eigenvalue weighted by Crippen LogP contribution is -2.55. The van der Waals surface area contributed by atoms with Crippen LogP contribution < -0.4 is 5.32 Å². The van der Waals surface area contributed by atoms with E-state index in [2.05, 4.69) is 22.0 Å². The van der Waals surface area contributed by atoms with E-state index in [9.17, 15) is 0 Å². The molecule has 0 spiro atoms. The van der Waals surface area contributed by atoms with Gasteiger partial charge in [0.05, 0.1) is 0 Å². The Bertz CT molecular complexity index is 288. The SMILES string of the molecule is CC1CCCN(CC2CCNCC2N2CCCCC2)C1. The summed E-state index contributed by atoms with van der Waals surface area (Å²) in [6.07, 6.45) is 8.53. The van der Waals surface area contributed by atoms with Crippen LogP contribution in [0, 0.1) is 11.8 Å². The van der Waals surface area contributed by atoms with Crippen molar-refractivity contribution in [3.8, 4) is 0 Å². The molecule has 3 saturated heterocycles. The van der Waals surface area contributed by atoms with Crippen molar-refractivity contribution >= 4 is 0 Å². The highest BCUT2D eigenvalue weighted by atomic mass is 15.2. The fourth-order valence-corrected chi connectivity index (χ4v) is 4.57. The molecule has 3 nitrogen and oxygen atoms in total. The van der Waals surface area contributed by atoms with Gasteiger partial charge in [0.25, 0.3) is 0 Å². The van der Waals surface area contributed by atoms with Crippen LogP contribution in [0.3, 0.4) is 0 Å². The summed E-state index contributed by atoms with van der Waals surface area (Å²) in [6, 6.07) is 0.807. The number of piperidine rings is 3. The van der Waals surface area contributed by atoms with Crippen molar-refractivity contribution in [2.75, 3.05) is 45.8 Å². The molecule has 0 aromatic carbocycles. The molecule has 0 saturated carbocycles. The highest BCUT2D eigenvalue weighted by molar-refractivity contribution is 4.89. The normalized spacial score (nSPS) is 38.0. The predicted octanol–water partition coefficient (Wildman–Crippen LogP) is 2.18. The molecule has 1 N–H and O–H groups in total. The van der Waals surface area contributed by atoms with E-state index in [0.29, 0.717) is 0 Å². The van der Waals surface area contributed by atoms with E-state index in [1.807, 2.05) is 0 Å². The van der Waals surface area contributed by atoms with Crippen molar-refractivity contribution < 1.29 is 0 Å². The molecule has 0 amide bonds. The van der Waals surface area contributed by atoms with Crippen molar-refractivity contribution in [1.29, 1.82) is 0 Å². The zero-order valence-electron chi connectivity index (χ0n) is 13.3. The van der Waals surface area contributed by atoms with Crippen LogP contribution in [0.5, 0.6) is 0 Å². The molecule has 0 aromatic heterocycles. The van der Waals surface area contributed by atoms with Gasteiger partial charge in [-0.15, -0.1) is 0 Å². The Morgan fingerprint density at radius 1 is 1.00 bits per heavy atom. The van der Waals surface area contributed by atoms with Gasteiger partial charge in [-0.05, 0) is 70.1 Å². The van der Waals surface area contributed by atoms with E-state index in [-0.39, 0.29) is 0 Å². The van der Waals surface area contributed by atoms with Gasteiger partial charge in [0.15, 0.2) is 0 Å². The molecular weight excluding hydrogens is 246 g/mol. The second-order valence-electron chi connectivity index (χ2n) is 7.42. The Hall–Kier alpha value is -0.120. The van der Waals surface area contributed by atoms with Gasteiger partial charge in [-0.25, -0.2) is 0 Å². The fourth-order valence-electron chi connectivity index (χ4n) is 4.57. The second-order valence-corrected chi connectivity index (χ2v) is 7.42. The maximum atomic E-state index is 3.65. The van der Waals surface area contributed by atoms with Gasteiger partial charge in [0.2, 0.25) is 0 Å². The van der Waals surface area contributed by atoms with Gasteiger partial charge in [0.1, 0.15) is 0 Å². The number of nitrogens with one attached hydrogen (secondary N) is 1. The van der Waals surface area contributed by atoms with Crippen LogP contribution in [-0.2, 0) is 0 Å². The summed E-state index contributed by atoms with van der Waals surface area (Å²) < 4.78 is 0. The molecule has 116 valence electrons. The van der Waals surface area contributed by atoms with E-state index in [4.69, 9.17) is 0 Å². The van der Waals surface area contributed by atoms with Crippen LogP contribution in [-0.4, -0.2) is 61.7 Å². The Morgan fingerprint density at radius 2 is 1.85 bits per heavy atom. The monoisotopic (exact) mass is 279 g/mol. The number of rotatable bonds is 3. The Kier molecular flexibility index (Phi) is 5.36. The number of hydrogen-bond acceptors (Lipinski definition) is 3. The molecule has 3 atom stereocenters. The average molecular weight is 279 g/mol. The smallest absolute Gasteiger partial charge is 0.0261 e. The Labute approximate surface area is 125 Å². The predicted molar refractivity (Wildman–Crippen MR) is 85.0 cm³/mol. The van der Waals surface area contributed by atoms with Crippen LogP contribution in [0.15, 0.2) is 0 Å². The van der Waals surface area contributed by atoms with Crippen LogP contribution in [0.1, 0.15) is 45.4 Å². The Balaban J connectivity index is 1.56. The molecule has 3 aliphatic heterocycles. The molecule has 0 aliphatic carbocycles. The highest BCUT2D eigenvalue weighted by Gasteiger charge is 2.32. The number of likely N-dealkylation sites (tertiary alicyclic amines) is 2.